The van der Waals surface area contributed by atoms with Gasteiger partial charge in [0, 0.05) is 11.7 Å². The van der Waals surface area contributed by atoms with Gasteiger partial charge in [0.25, 0.3) is 0 Å². The molecule has 0 heterocycles. The molecule has 4 nitrogen and oxygen atoms in total. The maximum Gasteiger partial charge on any atom is 0.212 e. The van der Waals surface area contributed by atoms with Crippen molar-refractivity contribution in [3.63, 3.8) is 0 Å². The summed E-state index contributed by atoms with van der Waals surface area (Å²) in [5.41, 5.74) is 8.89. The lowest BCUT2D eigenvalue weighted by atomic mass is 9.88. The summed E-state index contributed by atoms with van der Waals surface area (Å²) in [5, 5.41) is 0. The third kappa shape index (κ3) is 3.82. The number of nitrogens with one attached hydrogen (secondary N) is 1. The van der Waals surface area contributed by atoms with Crippen molar-refractivity contribution in [1.29, 1.82) is 0 Å². The molecular weight excluding hydrogens is 296 g/mol. The number of fused-ring (bicyclic) bond motifs is 1. The first-order chi connectivity index (χ1) is 10.5. The standard InChI is InChI=1S/C17H26N2O2S/c18-15-9-10-16-14(11-15)7-4-8-17(16)19-22(20,21)12-13-5-2-1-3-6-13/h9-11,13,17,19H,1-8,12,18H2. The van der Waals surface area contributed by atoms with Crippen LogP contribution in [0.25, 0.3) is 0 Å². The van der Waals surface area contributed by atoms with Gasteiger partial charge in [-0.05, 0) is 61.3 Å². The van der Waals surface area contributed by atoms with Gasteiger partial charge in [0.15, 0.2) is 0 Å². The second kappa shape index (κ2) is 6.59. The maximum atomic E-state index is 12.5. The molecule has 1 unspecified atom stereocenters. The largest absolute Gasteiger partial charge is 0.399 e. The quantitative estimate of drug-likeness (QED) is 0.836. The third-order valence-corrected chi connectivity index (χ3v) is 6.54. The van der Waals surface area contributed by atoms with E-state index in [-0.39, 0.29) is 11.8 Å². The number of hydrogen-bond acceptors (Lipinski definition) is 3. The first-order valence-corrected chi connectivity index (χ1v) is 10.1. The highest BCUT2D eigenvalue weighted by Crippen LogP contribution is 2.32. The predicted molar refractivity (Wildman–Crippen MR) is 90.0 cm³/mol. The van der Waals surface area contributed by atoms with Gasteiger partial charge >= 0.3 is 0 Å². The Hall–Kier alpha value is -1.07. The molecule has 0 aliphatic heterocycles. The zero-order valence-electron chi connectivity index (χ0n) is 13.1. The van der Waals surface area contributed by atoms with E-state index in [0.717, 1.165) is 43.4 Å². The Morgan fingerprint density at radius 1 is 1.09 bits per heavy atom. The van der Waals surface area contributed by atoms with Crippen molar-refractivity contribution < 1.29 is 8.42 Å². The predicted octanol–water partition coefficient (Wildman–Crippen LogP) is 3.15. The second-order valence-electron chi connectivity index (χ2n) is 6.81. The van der Waals surface area contributed by atoms with Gasteiger partial charge in [-0.2, -0.15) is 0 Å². The fraction of sp³-hybridized carbons (Fsp3) is 0.647. The molecule has 0 spiro atoms. The van der Waals surface area contributed by atoms with Gasteiger partial charge in [0.2, 0.25) is 10.0 Å². The van der Waals surface area contributed by atoms with Crippen LogP contribution in [0, 0.1) is 5.92 Å². The fourth-order valence-electron chi connectivity index (χ4n) is 3.89. The van der Waals surface area contributed by atoms with Crippen LogP contribution in [0.5, 0.6) is 0 Å². The lowest BCUT2D eigenvalue weighted by Crippen LogP contribution is -2.35. The van der Waals surface area contributed by atoms with E-state index < -0.39 is 10.0 Å². The van der Waals surface area contributed by atoms with E-state index in [0.29, 0.717) is 5.92 Å². The average molecular weight is 322 g/mol. The molecule has 0 amide bonds. The lowest BCUT2D eigenvalue weighted by molar-refractivity contribution is 0.382. The monoisotopic (exact) mass is 322 g/mol. The first-order valence-electron chi connectivity index (χ1n) is 8.42. The number of nitrogens with two attached hydrogens (primary N) is 1. The highest BCUT2D eigenvalue weighted by molar-refractivity contribution is 7.89. The van der Waals surface area contributed by atoms with Crippen LogP contribution in [0.2, 0.25) is 0 Å². The van der Waals surface area contributed by atoms with E-state index in [1.54, 1.807) is 0 Å². The van der Waals surface area contributed by atoms with Crippen molar-refractivity contribution in [2.24, 2.45) is 5.92 Å². The maximum absolute atomic E-state index is 12.5. The molecule has 2 aliphatic rings. The Morgan fingerprint density at radius 3 is 2.64 bits per heavy atom. The van der Waals surface area contributed by atoms with Crippen molar-refractivity contribution in [2.75, 3.05) is 11.5 Å². The number of sulfonamides is 1. The summed E-state index contributed by atoms with van der Waals surface area (Å²) in [6.45, 7) is 0. The fourth-order valence-corrected chi connectivity index (χ4v) is 5.61. The smallest absolute Gasteiger partial charge is 0.212 e. The zero-order valence-corrected chi connectivity index (χ0v) is 13.9. The molecule has 0 aromatic heterocycles. The molecule has 2 aliphatic carbocycles. The van der Waals surface area contributed by atoms with Gasteiger partial charge in [0.05, 0.1) is 5.75 Å². The van der Waals surface area contributed by atoms with Gasteiger partial charge in [-0.15, -0.1) is 0 Å². The van der Waals surface area contributed by atoms with E-state index in [1.165, 1.54) is 24.8 Å². The van der Waals surface area contributed by atoms with Crippen molar-refractivity contribution in [3.05, 3.63) is 29.3 Å². The summed E-state index contributed by atoms with van der Waals surface area (Å²) in [6, 6.07) is 5.75. The van der Waals surface area contributed by atoms with E-state index in [1.807, 2.05) is 18.2 Å². The summed E-state index contributed by atoms with van der Waals surface area (Å²) in [6.07, 6.45) is 8.57. The van der Waals surface area contributed by atoms with Gasteiger partial charge in [-0.3, -0.25) is 0 Å². The number of anilines is 1. The Morgan fingerprint density at radius 2 is 1.86 bits per heavy atom. The zero-order chi connectivity index (χ0) is 15.6. The van der Waals surface area contributed by atoms with Crippen LogP contribution in [0.4, 0.5) is 5.69 Å². The summed E-state index contributed by atoms with van der Waals surface area (Å²) >= 11 is 0. The topological polar surface area (TPSA) is 72.2 Å². The molecule has 1 aromatic carbocycles. The van der Waals surface area contributed by atoms with Crippen LogP contribution < -0.4 is 10.5 Å². The van der Waals surface area contributed by atoms with Crippen molar-refractivity contribution in [3.8, 4) is 0 Å². The van der Waals surface area contributed by atoms with Gasteiger partial charge in [-0.1, -0.05) is 25.3 Å². The molecule has 0 saturated heterocycles. The van der Waals surface area contributed by atoms with Crippen LogP contribution in [-0.2, 0) is 16.4 Å². The van der Waals surface area contributed by atoms with Crippen LogP contribution >= 0.6 is 0 Å². The minimum atomic E-state index is -3.21. The SMILES string of the molecule is Nc1ccc2c(c1)CCCC2NS(=O)(=O)CC1CCCCC1. The third-order valence-electron chi connectivity index (χ3n) is 4.98. The van der Waals surface area contributed by atoms with E-state index in [4.69, 9.17) is 5.73 Å². The molecule has 1 atom stereocenters. The second-order valence-corrected chi connectivity index (χ2v) is 8.60. The number of nitrogen functional groups attached to an aromatic ring is 1. The molecule has 0 bridgehead atoms. The normalized spacial score (nSPS) is 23.2. The first kappa shape index (κ1) is 15.8. The van der Waals surface area contributed by atoms with Crippen molar-refractivity contribution in [1.82, 2.24) is 4.72 Å². The number of benzene rings is 1. The van der Waals surface area contributed by atoms with E-state index >= 15 is 0 Å². The highest BCUT2D eigenvalue weighted by Gasteiger charge is 2.27. The summed E-state index contributed by atoms with van der Waals surface area (Å²) < 4.78 is 28.0. The van der Waals surface area contributed by atoms with Crippen LogP contribution in [0.1, 0.15) is 62.1 Å². The van der Waals surface area contributed by atoms with Gasteiger partial charge in [0.1, 0.15) is 0 Å². The minimum absolute atomic E-state index is 0.0852. The average Bonchev–Trinajstić information content (AvgIpc) is 2.47. The molecule has 3 rings (SSSR count). The van der Waals surface area contributed by atoms with Crippen molar-refractivity contribution >= 4 is 15.7 Å². The summed E-state index contributed by atoms with van der Waals surface area (Å²) in [5.74, 6) is 0.620. The number of rotatable bonds is 4. The molecule has 3 N–H and O–H groups in total. The Kier molecular flexibility index (Phi) is 4.73. The highest BCUT2D eigenvalue weighted by atomic mass is 32.2. The van der Waals surface area contributed by atoms with Crippen LogP contribution in [0.3, 0.4) is 0 Å². The van der Waals surface area contributed by atoms with Gasteiger partial charge < -0.3 is 5.73 Å². The van der Waals surface area contributed by atoms with Crippen molar-refractivity contribution in [2.45, 2.75) is 57.4 Å². The Balaban J connectivity index is 1.70. The Bertz CT molecular complexity index is 622. The Labute approximate surface area is 133 Å². The van der Waals surface area contributed by atoms with Gasteiger partial charge in [-0.25, -0.2) is 13.1 Å². The molecule has 5 heteroatoms. The molecule has 1 aromatic rings. The molecule has 22 heavy (non-hydrogen) atoms. The number of aryl methyl sites for hydroxylation is 1. The van der Waals surface area contributed by atoms with E-state index in [2.05, 4.69) is 4.72 Å². The molecular formula is C17H26N2O2S. The summed E-state index contributed by atoms with van der Waals surface area (Å²) in [7, 11) is -3.21. The minimum Gasteiger partial charge on any atom is -0.399 e. The molecule has 0 radical (unpaired) electrons. The number of hydrogen-bond donors (Lipinski definition) is 2. The lowest BCUT2D eigenvalue weighted by Gasteiger charge is -2.28. The van der Waals surface area contributed by atoms with Crippen LogP contribution in [0.15, 0.2) is 18.2 Å². The van der Waals surface area contributed by atoms with Crippen LogP contribution in [-0.4, -0.2) is 14.2 Å². The molecule has 1 fully saturated rings. The molecule has 1 saturated carbocycles. The molecule has 122 valence electrons. The van der Waals surface area contributed by atoms with E-state index in [9.17, 15) is 8.42 Å². The summed E-state index contributed by atoms with van der Waals surface area (Å²) in [4.78, 5) is 0.